The molecular formula is C5F10O3. The van der Waals surface area contributed by atoms with Crippen molar-refractivity contribution in [1.29, 1.82) is 0 Å². The Morgan fingerprint density at radius 1 is 0.722 bits per heavy atom. The molecule has 0 heterocycles. The zero-order valence-corrected chi connectivity index (χ0v) is 7.50. The molecule has 0 amide bonds. The minimum atomic E-state index is -6.62. The van der Waals surface area contributed by atoms with Crippen molar-refractivity contribution >= 4 is 6.04 Å². The molecule has 0 saturated carbocycles. The number of alkyl halides is 9. The van der Waals surface area contributed by atoms with Crippen LogP contribution in [-0.4, -0.2) is 30.7 Å². The average molecular weight is 298 g/mol. The van der Waals surface area contributed by atoms with Crippen LogP contribution in [0.4, 0.5) is 43.9 Å². The van der Waals surface area contributed by atoms with E-state index in [1.54, 1.807) is 9.47 Å². The van der Waals surface area contributed by atoms with E-state index in [0.29, 0.717) is 0 Å². The van der Waals surface area contributed by atoms with Gasteiger partial charge in [-0.25, -0.2) is 9.47 Å². The summed E-state index contributed by atoms with van der Waals surface area (Å²) in [7, 11) is 0. The Hall–Kier alpha value is -1.11. The van der Waals surface area contributed by atoms with Gasteiger partial charge in [0.25, 0.3) is 0 Å². The predicted octanol–water partition coefficient (Wildman–Crippen LogP) is 2.81. The standard InChI is InChI=1S/C5F10O3/c6-1(16)2(7,8)17-3(9,10)4(11,12)18-5(13,14)15. The highest BCUT2D eigenvalue weighted by Gasteiger charge is 2.69. The molecule has 0 bridgehead atoms. The van der Waals surface area contributed by atoms with Gasteiger partial charge in [0.05, 0.1) is 0 Å². The van der Waals surface area contributed by atoms with Crippen molar-refractivity contribution in [1.82, 2.24) is 0 Å². The van der Waals surface area contributed by atoms with Crippen LogP contribution in [0.2, 0.25) is 0 Å². The predicted molar refractivity (Wildman–Crippen MR) is 29.2 cm³/mol. The highest BCUT2D eigenvalue weighted by Crippen LogP contribution is 2.43. The molecule has 0 radical (unpaired) electrons. The molecule has 0 atom stereocenters. The second kappa shape index (κ2) is 4.53. The topological polar surface area (TPSA) is 35.5 Å². The normalized spacial score (nSPS) is 14.8. The van der Waals surface area contributed by atoms with Gasteiger partial charge in [-0.3, -0.25) is 4.79 Å². The van der Waals surface area contributed by atoms with E-state index in [2.05, 4.69) is 0 Å². The summed E-state index contributed by atoms with van der Waals surface area (Å²) in [5.41, 5.74) is 0. The fourth-order valence-corrected chi connectivity index (χ4v) is 0.465. The van der Waals surface area contributed by atoms with Crippen LogP contribution in [0, 0.1) is 0 Å². The number of ether oxygens (including phenoxy) is 2. The molecule has 0 fully saturated rings. The first-order valence-corrected chi connectivity index (χ1v) is 3.41. The first-order valence-electron chi connectivity index (χ1n) is 3.41. The minimum Gasteiger partial charge on any atom is -0.251 e. The lowest BCUT2D eigenvalue weighted by molar-refractivity contribution is -0.524. The van der Waals surface area contributed by atoms with E-state index in [1.165, 1.54) is 0 Å². The van der Waals surface area contributed by atoms with Crippen LogP contribution in [0.15, 0.2) is 0 Å². The molecule has 0 aromatic rings. The molecule has 0 aromatic heterocycles. The third kappa shape index (κ3) is 4.29. The number of carbonyl (C=O) groups is 1. The molecule has 18 heavy (non-hydrogen) atoms. The summed E-state index contributed by atoms with van der Waals surface area (Å²) in [6, 6.07) is -3.91. The molecule has 3 nitrogen and oxygen atoms in total. The summed E-state index contributed by atoms with van der Waals surface area (Å²) in [6.07, 6.45) is -25.6. The van der Waals surface area contributed by atoms with E-state index < -0.39 is 30.7 Å². The number of hydrogen-bond acceptors (Lipinski definition) is 3. The first kappa shape index (κ1) is 16.9. The summed E-state index contributed by atoms with van der Waals surface area (Å²) >= 11 is 0. The lowest BCUT2D eigenvalue weighted by Gasteiger charge is -2.27. The molecule has 0 N–H and O–H groups in total. The van der Waals surface area contributed by atoms with Crippen LogP contribution < -0.4 is 0 Å². The Labute approximate surface area is 90.2 Å². The Bertz CT molecular complexity index is 320. The van der Waals surface area contributed by atoms with Crippen LogP contribution >= 0.6 is 0 Å². The highest BCUT2D eigenvalue weighted by molar-refractivity contribution is 5.74. The van der Waals surface area contributed by atoms with Gasteiger partial charge in [-0.15, -0.1) is 13.2 Å². The maximum atomic E-state index is 12.2. The summed E-state index contributed by atoms with van der Waals surface area (Å²) in [5, 5.41) is 0. The van der Waals surface area contributed by atoms with Gasteiger partial charge in [0.15, 0.2) is 0 Å². The molecule has 0 rings (SSSR count). The van der Waals surface area contributed by atoms with Gasteiger partial charge in [-0.2, -0.15) is 30.7 Å². The first-order chi connectivity index (χ1) is 7.61. The Balaban J connectivity index is 5.08. The van der Waals surface area contributed by atoms with Gasteiger partial charge in [0, 0.05) is 0 Å². The van der Waals surface area contributed by atoms with E-state index in [9.17, 15) is 48.7 Å². The molecule has 0 aromatic carbocycles. The second-order valence-corrected chi connectivity index (χ2v) is 2.47. The third-order valence-corrected chi connectivity index (χ3v) is 1.07. The van der Waals surface area contributed by atoms with E-state index in [-0.39, 0.29) is 0 Å². The molecule has 0 aliphatic carbocycles. The van der Waals surface area contributed by atoms with Gasteiger partial charge in [-0.1, -0.05) is 0 Å². The lowest BCUT2D eigenvalue weighted by Crippen LogP contribution is -2.52. The molecule has 0 aliphatic rings. The van der Waals surface area contributed by atoms with E-state index >= 15 is 0 Å². The fraction of sp³-hybridized carbons (Fsp3) is 0.800. The van der Waals surface area contributed by atoms with E-state index in [1.807, 2.05) is 0 Å². The van der Waals surface area contributed by atoms with E-state index in [0.717, 1.165) is 0 Å². The Morgan fingerprint density at radius 3 is 1.33 bits per heavy atom. The van der Waals surface area contributed by atoms with Crippen LogP contribution in [-0.2, 0) is 14.3 Å². The number of hydrogen-bond donors (Lipinski definition) is 0. The number of carbonyl (C=O) groups excluding carboxylic acids is 1. The van der Waals surface area contributed by atoms with Crippen LogP contribution in [0.25, 0.3) is 0 Å². The van der Waals surface area contributed by atoms with Crippen molar-refractivity contribution < 1.29 is 58.2 Å². The zero-order valence-electron chi connectivity index (χ0n) is 7.50. The maximum absolute atomic E-state index is 12.2. The van der Waals surface area contributed by atoms with Crippen molar-refractivity contribution in [2.45, 2.75) is 24.7 Å². The SMILES string of the molecule is O=C(F)C(F)(F)OC(F)(F)C(F)(F)OC(F)(F)F. The van der Waals surface area contributed by atoms with Gasteiger partial charge in [0.2, 0.25) is 0 Å². The molecule has 0 aliphatic heterocycles. The molecule has 0 saturated heterocycles. The molecule has 0 spiro atoms. The summed E-state index contributed by atoms with van der Waals surface area (Å²) in [6.45, 7) is 0. The van der Waals surface area contributed by atoms with E-state index in [4.69, 9.17) is 0 Å². The van der Waals surface area contributed by atoms with Crippen LogP contribution in [0.1, 0.15) is 0 Å². The van der Waals surface area contributed by atoms with Crippen molar-refractivity contribution in [3.8, 4) is 0 Å². The quantitative estimate of drug-likeness (QED) is 0.578. The van der Waals surface area contributed by atoms with Crippen LogP contribution in [0.5, 0.6) is 0 Å². The molecule has 13 heteroatoms. The Kier molecular flexibility index (Phi) is 4.25. The summed E-state index contributed by atoms with van der Waals surface area (Å²) in [5.74, 6) is 0. The largest absolute Gasteiger partial charge is 0.527 e. The van der Waals surface area contributed by atoms with Gasteiger partial charge >= 0.3 is 30.7 Å². The smallest absolute Gasteiger partial charge is 0.251 e. The second-order valence-electron chi connectivity index (χ2n) is 2.47. The molecular weight excluding hydrogens is 298 g/mol. The van der Waals surface area contributed by atoms with Crippen LogP contribution in [0.3, 0.4) is 0 Å². The number of halogens is 10. The van der Waals surface area contributed by atoms with Crippen molar-refractivity contribution in [2.24, 2.45) is 0 Å². The number of rotatable bonds is 5. The average Bonchev–Trinajstić information content (AvgIpc) is 1.95. The zero-order chi connectivity index (χ0) is 15.0. The summed E-state index contributed by atoms with van der Waals surface area (Å²) in [4.78, 5) is 9.37. The van der Waals surface area contributed by atoms with Crippen molar-refractivity contribution in [3.05, 3.63) is 0 Å². The van der Waals surface area contributed by atoms with Crippen molar-refractivity contribution in [3.63, 3.8) is 0 Å². The molecule has 0 unspecified atom stereocenters. The maximum Gasteiger partial charge on any atom is 0.527 e. The fourth-order valence-electron chi connectivity index (χ4n) is 0.465. The third-order valence-electron chi connectivity index (χ3n) is 1.07. The van der Waals surface area contributed by atoms with Gasteiger partial charge < -0.3 is 0 Å². The Morgan fingerprint density at radius 2 is 1.06 bits per heavy atom. The lowest BCUT2D eigenvalue weighted by atomic mass is 10.5. The van der Waals surface area contributed by atoms with Gasteiger partial charge in [0.1, 0.15) is 0 Å². The highest BCUT2D eigenvalue weighted by atomic mass is 19.4. The van der Waals surface area contributed by atoms with Crippen molar-refractivity contribution in [2.75, 3.05) is 0 Å². The molecule has 108 valence electrons. The monoisotopic (exact) mass is 298 g/mol. The minimum absolute atomic E-state index is 1.54. The summed E-state index contributed by atoms with van der Waals surface area (Å²) < 4.78 is 121. The van der Waals surface area contributed by atoms with Gasteiger partial charge in [-0.05, 0) is 0 Å².